The van der Waals surface area contributed by atoms with Gasteiger partial charge in [0.25, 0.3) is 0 Å². The van der Waals surface area contributed by atoms with Crippen LogP contribution in [0.15, 0.2) is 30.3 Å². The van der Waals surface area contributed by atoms with Gasteiger partial charge in [-0.1, -0.05) is 43.2 Å². The van der Waals surface area contributed by atoms with Crippen LogP contribution in [-0.2, 0) is 0 Å². The lowest BCUT2D eigenvalue weighted by Crippen LogP contribution is -2.48. The summed E-state index contributed by atoms with van der Waals surface area (Å²) in [6.07, 6.45) is 5.04. The van der Waals surface area contributed by atoms with Crippen LogP contribution in [0.25, 0.3) is 0 Å². The minimum Gasteiger partial charge on any atom is -0.326 e. The molecule has 0 amide bonds. The lowest BCUT2D eigenvalue weighted by Gasteiger charge is -2.39. The van der Waals surface area contributed by atoms with Crippen molar-refractivity contribution in [2.24, 2.45) is 5.73 Å². The molecule has 0 bridgehead atoms. The molecule has 2 N–H and O–H groups in total. The highest BCUT2D eigenvalue weighted by molar-refractivity contribution is 5.18. The summed E-state index contributed by atoms with van der Waals surface area (Å²) < 4.78 is 0. The fourth-order valence-electron chi connectivity index (χ4n) is 2.90. The van der Waals surface area contributed by atoms with Crippen molar-refractivity contribution in [1.82, 2.24) is 4.90 Å². The number of nitrogens with two attached hydrogens (primary N) is 1. The van der Waals surface area contributed by atoms with Crippen LogP contribution in [0.4, 0.5) is 0 Å². The molecule has 0 radical (unpaired) electrons. The van der Waals surface area contributed by atoms with Crippen molar-refractivity contribution in [2.75, 3.05) is 7.05 Å². The van der Waals surface area contributed by atoms with E-state index in [2.05, 4.69) is 49.2 Å². The Morgan fingerprint density at radius 1 is 1.18 bits per heavy atom. The molecule has 0 aromatic heterocycles. The fourth-order valence-corrected chi connectivity index (χ4v) is 2.90. The summed E-state index contributed by atoms with van der Waals surface area (Å²) in [4.78, 5) is 2.46. The molecule has 3 atom stereocenters. The standard InChI is InChI=1S/C15H24N2/c1-12(13-8-4-3-5-9-13)17(2)15-11-7-6-10-14(15)16/h3-5,8-9,12,14-15H,6-7,10-11,16H2,1-2H3/t12?,14-,15-/m0/s1. The topological polar surface area (TPSA) is 29.3 Å². The number of benzene rings is 1. The van der Waals surface area contributed by atoms with E-state index in [1.807, 2.05) is 0 Å². The van der Waals surface area contributed by atoms with Gasteiger partial charge in [-0.15, -0.1) is 0 Å². The van der Waals surface area contributed by atoms with Crippen molar-refractivity contribution in [3.63, 3.8) is 0 Å². The molecular formula is C15H24N2. The minimum atomic E-state index is 0.347. The molecule has 1 aromatic carbocycles. The van der Waals surface area contributed by atoms with Gasteiger partial charge in [-0.2, -0.15) is 0 Å². The monoisotopic (exact) mass is 232 g/mol. The minimum absolute atomic E-state index is 0.347. The van der Waals surface area contributed by atoms with Crippen molar-refractivity contribution in [3.05, 3.63) is 35.9 Å². The highest BCUT2D eigenvalue weighted by Gasteiger charge is 2.28. The molecule has 1 aromatic rings. The Balaban J connectivity index is 2.06. The van der Waals surface area contributed by atoms with E-state index >= 15 is 0 Å². The zero-order valence-electron chi connectivity index (χ0n) is 11.0. The number of rotatable bonds is 3. The van der Waals surface area contributed by atoms with E-state index in [0.29, 0.717) is 18.1 Å². The molecule has 1 aliphatic carbocycles. The van der Waals surface area contributed by atoms with Crippen LogP contribution in [0.3, 0.4) is 0 Å². The Labute approximate surface area is 105 Å². The molecule has 1 unspecified atom stereocenters. The Kier molecular flexibility index (Phi) is 4.19. The first-order valence-electron chi connectivity index (χ1n) is 6.72. The third-order valence-corrected chi connectivity index (χ3v) is 4.20. The van der Waals surface area contributed by atoms with Gasteiger partial charge in [0, 0.05) is 18.1 Å². The van der Waals surface area contributed by atoms with Crippen molar-refractivity contribution >= 4 is 0 Å². The van der Waals surface area contributed by atoms with Crippen molar-refractivity contribution in [2.45, 2.75) is 50.7 Å². The summed E-state index contributed by atoms with van der Waals surface area (Å²) in [5.41, 5.74) is 7.64. The van der Waals surface area contributed by atoms with Gasteiger partial charge in [0.05, 0.1) is 0 Å². The molecule has 0 heterocycles. The Morgan fingerprint density at radius 2 is 1.82 bits per heavy atom. The van der Waals surface area contributed by atoms with E-state index < -0.39 is 0 Å². The van der Waals surface area contributed by atoms with Gasteiger partial charge in [0.15, 0.2) is 0 Å². The van der Waals surface area contributed by atoms with Crippen molar-refractivity contribution in [3.8, 4) is 0 Å². The maximum atomic E-state index is 6.25. The lowest BCUT2D eigenvalue weighted by atomic mass is 9.89. The van der Waals surface area contributed by atoms with E-state index in [9.17, 15) is 0 Å². The molecule has 94 valence electrons. The van der Waals surface area contributed by atoms with Gasteiger partial charge < -0.3 is 5.73 Å². The van der Waals surface area contributed by atoms with Crippen molar-refractivity contribution < 1.29 is 0 Å². The van der Waals surface area contributed by atoms with Gasteiger partial charge in [0.2, 0.25) is 0 Å². The fraction of sp³-hybridized carbons (Fsp3) is 0.600. The quantitative estimate of drug-likeness (QED) is 0.868. The molecule has 1 saturated carbocycles. The van der Waals surface area contributed by atoms with E-state index in [0.717, 1.165) is 0 Å². The predicted molar refractivity (Wildman–Crippen MR) is 72.9 cm³/mol. The van der Waals surface area contributed by atoms with Gasteiger partial charge in [-0.3, -0.25) is 4.90 Å². The summed E-state index contributed by atoms with van der Waals surface area (Å²) in [7, 11) is 2.22. The second-order valence-corrected chi connectivity index (χ2v) is 5.27. The Hall–Kier alpha value is -0.860. The van der Waals surface area contributed by atoms with Crippen LogP contribution >= 0.6 is 0 Å². The molecule has 1 aliphatic rings. The first-order chi connectivity index (χ1) is 8.20. The van der Waals surface area contributed by atoms with Crippen LogP contribution in [-0.4, -0.2) is 24.0 Å². The third-order valence-electron chi connectivity index (χ3n) is 4.20. The summed E-state index contributed by atoms with van der Waals surface area (Å²) in [5.74, 6) is 0. The molecule has 0 saturated heterocycles. The first-order valence-corrected chi connectivity index (χ1v) is 6.72. The molecule has 2 heteroatoms. The van der Waals surface area contributed by atoms with E-state index in [1.165, 1.54) is 31.2 Å². The lowest BCUT2D eigenvalue weighted by molar-refractivity contribution is 0.128. The number of likely N-dealkylation sites (N-methyl/N-ethyl adjacent to an activating group) is 1. The van der Waals surface area contributed by atoms with Crippen LogP contribution < -0.4 is 5.73 Å². The maximum absolute atomic E-state index is 6.25. The van der Waals surface area contributed by atoms with Crippen LogP contribution in [0.5, 0.6) is 0 Å². The summed E-state index contributed by atoms with van der Waals surface area (Å²) >= 11 is 0. The largest absolute Gasteiger partial charge is 0.326 e. The predicted octanol–water partition coefficient (Wildman–Crippen LogP) is 2.95. The Bertz CT molecular complexity index is 336. The molecule has 2 rings (SSSR count). The zero-order valence-corrected chi connectivity index (χ0v) is 11.0. The van der Waals surface area contributed by atoms with E-state index in [4.69, 9.17) is 5.73 Å². The van der Waals surface area contributed by atoms with Gasteiger partial charge in [-0.25, -0.2) is 0 Å². The number of hydrogen-bond donors (Lipinski definition) is 1. The highest BCUT2D eigenvalue weighted by atomic mass is 15.2. The summed E-state index contributed by atoms with van der Waals surface area (Å²) in [6, 6.07) is 12.0. The number of hydrogen-bond acceptors (Lipinski definition) is 2. The third kappa shape index (κ3) is 2.88. The molecule has 0 spiro atoms. The van der Waals surface area contributed by atoms with Crippen LogP contribution in [0.2, 0.25) is 0 Å². The number of nitrogens with zero attached hydrogens (tertiary/aromatic N) is 1. The SMILES string of the molecule is CC(c1ccccc1)N(C)[C@H]1CCCC[C@@H]1N. The van der Waals surface area contributed by atoms with Gasteiger partial charge in [0.1, 0.15) is 0 Å². The van der Waals surface area contributed by atoms with E-state index in [1.54, 1.807) is 0 Å². The molecule has 2 nitrogen and oxygen atoms in total. The van der Waals surface area contributed by atoms with Gasteiger partial charge >= 0.3 is 0 Å². The van der Waals surface area contributed by atoms with Crippen LogP contribution in [0.1, 0.15) is 44.2 Å². The normalized spacial score (nSPS) is 27.1. The molecular weight excluding hydrogens is 208 g/mol. The maximum Gasteiger partial charge on any atom is 0.0320 e. The molecule has 1 fully saturated rings. The Morgan fingerprint density at radius 3 is 2.47 bits per heavy atom. The van der Waals surface area contributed by atoms with E-state index in [-0.39, 0.29) is 0 Å². The second kappa shape index (κ2) is 5.65. The first kappa shape index (κ1) is 12.6. The summed E-state index contributed by atoms with van der Waals surface area (Å²) in [5, 5.41) is 0. The van der Waals surface area contributed by atoms with Crippen LogP contribution in [0, 0.1) is 0 Å². The average molecular weight is 232 g/mol. The second-order valence-electron chi connectivity index (χ2n) is 5.27. The van der Waals surface area contributed by atoms with Crippen molar-refractivity contribution in [1.29, 1.82) is 0 Å². The molecule has 0 aliphatic heterocycles. The highest BCUT2D eigenvalue weighted by Crippen LogP contribution is 2.27. The van der Waals surface area contributed by atoms with Gasteiger partial charge in [-0.05, 0) is 32.4 Å². The average Bonchev–Trinajstić information content (AvgIpc) is 2.39. The smallest absolute Gasteiger partial charge is 0.0320 e. The molecule has 17 heavy (non-hydrogen) atoms. The summed E-state index contributed by atoms with van der Waals surface area (Å²) in [6.45, 7) is 2.27. The zero-order chi connectivity index (χ0) is 12.3.